The normalized spacial score (nSPS) is 10.5. The van der Waals surface area contributed by atoms with Crippen LogP contribution in [0.4, 0.5) is 4.39 Å². The van der Waals surface area contributed by atoms with E-state index in [2.05, 4.69) is 0 Å². The van der Waals surface area contributed by atoms with Gasteiger partial charge in [0, 0.05) is 31.5 Å². The molecule has 0 aliphatic carbocycles. The molecule has 0 aliphatic rings. The van der Waals surface area contributed by atoms with Gasteiger partial charge in [0.2, 0.25) is 12.3 Å². The molecule has 0 radical (unpaired) electrons. The van der Waals surface area contributed by atoms with E-state index in [-0.39, 0.29) is 18.1 Å². The number of hydrogen-bond donors (Lipinski definition) is 0. The molecule has 1 heterocycles. The summed E-state index contributed by atoms with van der Waals surface area (Å²) in [5.41, 5.74) is 3.81. The summed E-state index contributed by atoms with van der Waals surface area (Å²) in [5.74, 6) is -0.341. The quantitative estimate of drug-likeness (QED) is 0.612. The van der Waals surface area contributed by atoms with Crippen LogP contribution in [0.5, 0.6) is 0 Å². The van der Waals surface area contributed by atoms with Gasteiger partial charge in [0.05, 0.1) is 0 Å². The topological polar surface area (TPSA) is 20.9 Å². The van der Waals surface area contributed by atoms with Gasteiger partial charge in [-0.25, -0.2) is 4.39 Å². The lowest BCUT2D eigenvalue weighted by Gasteiger charge is -2.05. The van der Waals surface area contributed by atoms with Crippen LogP contribution in [-0.2, 0) is 6.54 Å². The Kier molecular flexibility index (Phi) is 3.74. The number of Topliss-reactive ketones (excluding diaryl/α,β-unsaturated/α-hetero) is 1. The van der Waals surface area contributed by atoms with Gasteiger partial charge in [-0.3, -0.25) is 4.79 Å². The number of halogens is 1. The number of benzene rings is 1. The van der Waals surface area contributed by atoms with E-state index in [1.807, 2.05) is 37.5 Å². The molecule has 2 rings (SSSR count). The summed E-state index contributed by atoms with van der Waals surface area (Å²) in [4.78, 5) is 12.2. The number of nitrogens with zero attached hydrogens (tertiary/aromatic N) is 1. The molecule has 1 aromatic heterocycles. The molecule has 0 bridgehead atoms. The number of carbonyl (C=O) groups is 1. The van der Waals surface area contributed by atoms with Crippen molar-refractivity contribution < 1.29 is 13.8 Å². The summed E-state index contributed by atoms with van der Waals surface area (Å²) in [6, 6.07) is 9.77. The Hall–Kier alpha value is -2.03. The van der Waals surface area contributed by atoms with E-state index < -0.39 is 0 Å². The van der Waals surface area contributed by atoms with Gasteiger partial charge in [-0.2, -0.15) is 4.57 Å². The fourth-order valence-electron chi connectivity index (χ4n) is 2.25. The minimum absolute atomic E-state index is 0.0138. The molecule has 0 unspecified atom stereocenters. The Morgan fingerprint density at radius 2 is 1.58 bits per heavy atom. The fourth-order valence-corrected chi connectivity index (χ4v) is 2.25. The second-order valence-electron chi connectivity index (χ2n) is 4.83. The van der Waals surface area contributed by atoms with Crippen molar-refractivity contribution >= 4 is 5.78 Å². The molecule has 0 N–H and O–H groups in total. The molecule has 2 aromatic rings. The Morgan fingerprint density at radius 1 is 1.05 bits per heavy atom. The van der Waals surface area contributed by atoms with Crippen molar-refractivity contribution in [3.05, 3.63) is 64.7 Å². The largest absolute Gasteiger partial charge is 0.287 e. The highest BCUT2D eigenvalue weighted by Gasteiger charge is 2.17. The average molecular weight is 258 g/mol. The number of ketones is 1. The molecule has 0 aliphatic heterocycles. The van der Waals surface area contributed by atoms with Crippen LogP contribution in [0.25, 0.3) is 0 Å². The van der Waals surface area contributed by atoms with Gasteiger partial charge < -0.3 is 0 Å². The van der Waals surface area contributed by atoms with Crippen molar-refractivity contribution in [2.24, 2.45) is 0 Å². The van der Waals surface area contributed by atoms with E-state index in [1.54, 1.807) is 0 Å². The molecule has 1 aromatic carbocycles. The fraction of sp³-hybridized carbons (Fsp3) is 0.250. The predicted molar refractivity (Wildman–Crippen MR) is 71.6 cm³/mol. The minimum atomic E-state index is -0.327. The Balaban J connectivity index is 2.26. The molecule has 0 amide bonds. The van der Waals surface area contributed by atoms with Crippen LogP contribution in [-0.4, -0.2) is 5.78 Å². The maximum Gasteiger partial charge on any atom is 0.227 e. The minimum Gasteiger partial charge on any atom is -0.287 e. The Labute approximate surface area is 112 Å². The lowest BCUT2D eigenvalue weighted by atomic mass is 10.1. The zero-order valence-corrected chi connectivity index (χ0v) is 11.4. The second kappa shape index (κ2) is 5.31. The van der Waals surface area contributed by atoms with Crippen LogP contribution in [0.3, 0.4) is 0 Å². The van der Waals surface area contributed by atoms with Crippen molar-refractivity contribution in [1.82, 2.24) is 0 Å². The molecule has 0 fully saturated rings. The summed E-state index contributed by atoms with van der Waals surface area (Å²) < 4.78 is 14.8. The van der Waals surface area contributed by atoms with Crippen LogP contribution >= 0.6 is 0 Å². The molecular formula is C16H17FNO+. The van der Waals surface area contributed by atoms with Crippen LogP contribution in [0, 0.1) is 26.6 Å². The smallest absolute Gasteiger partial charge is 0.227 e. The number of aryl methyl sites for hydroxylation is 3. The van der Waals surface area contributed by atoms with Gasteiger partial charge >= 0.3 is 0 Å². The van der Waals surface area contributed by atoms with E-state index in [0.717, 1.165) is 11.4 Å². The van der Waals surface area contributed by atoms with Crippen molar-refractivity contribution in [3.63, 3.8) is 0 Å². The maximum atomic E-state index is 12.8. The van der Waals surface area contributed by atoms with Gasteiger partial charge in [-0.05, 0) is 36.8 Å². The van der Waals surface area contributed by atoms with Crippen LogP contribution in [0.2, 0.25) is 0 Å². The molecule has 2 nitrogen and oxygen atoms in total. The Bertz CT molecular complexity index is 594. The van der Waals surface area contributed by atoms with Gasteiger partial charge in [0.1, 0.15) is 5.82 Å². The van der Waals surface area contributed by atoms with E-state index in [0.29, 0.717) is 5.56 Å². The van der Waals surface area contributed by atoms with Crippen molar-refractivity contribution in [2.45, 2.75) is 27.3 Å². The third kappa shape index (κ3) is 3.05. The summed E-state index contributed by atoms with van der Waals surface area (Å²) in [7, 11) is 0. The van der Waals surface area contributed by atoms with E-state index >= 15 is 0 Å². The lowest BCUT2D eigenvalue weighted by Crippen LogP contribution is -2.43. The second-order valence-corrected chi connectivity index (χ2v) is 4.83. The molecule has 19 heavy (non-hydrogen) atoms. The van der Waals surface area contributed by atoms with Crippen LogP contribution < -0.4 is 4.57 Å². The number of pyridine rings is 1. The first-order valence-corrected chi connectivity index (χ1v) is 6.24. The molecule has 0 saturated heterocycles. The maximum absolute atomic E-state index is 12.8. The number of rotatable bonds is 3. The molecular weight excluding hydrogens is 241 g/mol. The number of carbonyl (C=O) groups excluding carboxylic acids is 1. The van der Waals surface area contributed by atoms with E-state index in [9.17, 15) is 9.18 Å². The van der Waals surface area contributed by atoms with E-state index in [4.69, 9.17) is 0 Å². The zero-order valence-electron chi connectivity index (χ0n) is 11.4. The third-order valence-electron chi connectivity index (χ3n) is 3.19. The van der Waals surface area contributed by atoms with Crippen molar-refractivity contribution in [2.75, 3.05) is 0 Å². The SMILES string of the molecule is Cc1cc(C)[n+](CC(=O)c2ccc(F)cc2)c(C)c1. The standard InChI is InChI=1S/C16H17FNO/c1-11-8-12(2)18(13(3)9-11)10-16(19)14-4-6-15(17)7-5-14/h4-9H,10H2,1-3H3/q+1. The first kappa shape index (κ1) is 13.4. The molecule has 0 spiro atoms. The van der Waals surface area contributed by atoms with Gasteiger partial charge in [-0.1, -0.05) is 0 Å². The number of aromatic nitrogens is 1. The monoisotopic (exact) mass is 258 g/mol. The lowest BCUT2D eigenvalue weighted by molar-refractivity contribution is -0.695. The zero-order chi connectivity index (χ0) is 14.0. The predicted octanol–water partition coefficient (Wildman–Crippen LogP) is 2.92. The first-order chi connectivity index (χ1) is 8.97. The highest BCUT2D eigenvalue weighted by molar-refractivity contribution is 5.95. The third-order valence-corrected chi connectivity index (χ3v) is 3.19. The molecule has 0 saturated carbocycles. The van der Waals surface area contributed by atoms with Crippen molar-refractivity contribution in [3.8, 4) is 0 Å². The number of hydrogen-bond acceptors (Lipinski definition) is 1. The van der Waals surface area contributed by atoms with Crippen LogP contribution in [0.1, 0.15) is 27.3 Å². The van der Waals surface area contributed by atoms with Crippen LogP contribution in [0.15, 0.2) is 36.4 Å². The molecule has 98 valence electrons. The van der Waals surface area contributed by atoms with E-state index in [1.165, 1.54) is 29.8 Å². The summed E-state index contributed by atoms with van der Waals surface area (Å²) >= 11 is 0. The summed E-state index contributed by atoms with van der Waals surface area (Å²) in [6.07, 6.45) is 0. The average Bonchev–Trinajstić information content (AvgIpc) is 2.34. The first-order valence-electron chi connectivity index (χ1n) is 6.24. The molecule has 3 heteroatoms. The molecule has 0 atom stereocenters. The Morgan fingerprint density at radius 3 is 2.11 bits per heavy atom. The van der Waals surface area contributed by atoms with Gasteiger partial charge in [-0.15, -0.1) is 0 Å². The summed E-state index contributed by atoms with van der Waals surface area (Å²) in [6.45, 7) is 6.28. The van der Waals surface area contributed by atoms with Gasteiger partial charge in [0.25, 0.3) is 0 Å². The highest BCUT2D eigenvalue weighted by Crippen LogP contribution is 2.06. The van der Waals surface area contributed by atoms with Crippen molar-refractivity contribution in [1.29, 1.82) is 0 Å². The summed E-state index contributed by atoms with van der Waals surface area (Å²) in [5, 5.41) is 0. The van der Waals surface area contributed by atoms with Gasteiger partial charge in [0.15, 0.2) is 11.4 Å². The highest BCUT2D eigenvalue weighted by atomic mass is 19.1.